The van der Waals surface area contributed by atoms with Crippen LogP contribution in [0.2, 0.25) is 0 Å². The number of anilines is 1. The van der Waals surface area contributed by atoms with Gasteiger partial charge in [0.05, 0.1) is 0 Å². The molecule has 1 aromatic carbocycles. The van der Waals surface area contributed by atoms with Gasteiger partial charge in [0.2, 0.25) is 0 Å². The molecule has 0 radical (unpaired) electrons. The van der Waals surface area contributed by atoms with Gasteiger partial charge in [-0.05, 0) is 12.1 Å². The summed E-state index contributed by atoms with van der Waals surface area (Å²) in [5.74, 6) is 1.66. The van der Waals surface area contributed by atoms with Gasteiger partial charge < -0.3 is 14.8 Å². The molecule has 0 spiro atoms. The topological polar surface area (TPSA) is 30.5 Å². The average molecular weight is 195 g/mol. The van der Waals surface area contributed by atoms with Crippen molar-refractivity contribution in [2.75, 3.05) is 25.6 Å². The summed E-state index contributed by atoms with van der Waals surface area (Å²) in [5.41, 5.74) is 1.04. The van der Waals surface area contributed by atoms with Crippen LogP contribution in [-0.2, 0) is 0 Å². The Kier molecular flexibility index (Phi) is 4.11. The van der Waals surface area contributed by atoms with Crippen molar-refractivity contribution in [3.05, 3.63) is 18.2 Å². The maximum atomic E-state index is 5.40. The molecule has 0 unspecified atom stereocenters. The summed E-state index contributed by atoms with van der Waals surface area (Å²) in [5, 5.41) is 3.04. The van der Waals surface area contributed by atoms with Crippen LogP contribution in [0.15, 0.2) is 18.2 Å². The molecule has 0 fully saturated rings. The molecular formula is C11H17NO2. The number of rotatable bonds is 1. The first-order valence-corrected chi connectivity index (χ1v) is 4.97. The lowest BCUT2D eigenvalue weighted by Crippen LogP contribution is -2.15. The fourth-order valence-corrected chi connectivity index (χ4v) is 1.20. The van der Waals surface area contributed by atoms with Gasteiger partial charge in [-0.3, -0.25) is 0 Å². The number of fused-ring (bicyclic) bond motifs is 1. The first kappa shape index (κ1) is 10.7. The van der Waals surface area contributed by atoms with E-state index in [1.807, 2.05) is 39.1 Å². The van der Waals surface area contributed by atoms with E-state index in [0.717, 1.165) is 17.2 Å². The molecule has 0 saturated heterocycles. The van der Waals surface area contributed by atoms with Crippen molar-refractivity contribution in [2.24, 2.45) is 0 Å². The molecule has 1 N–H and O–H groups in total. The van der Waals surface area contributed by atoms with Gasteiger partial charge in [0.25, 0.3) is 0 Å². The third-order valence-corrected chi connectivity index (χ3v) is 1.83. The minimum Gasteiger partial charge on any atom is -0.486 e. The van der Waals surface area contributed by atoms with E-state index in [1.165, 1.54) is 0 Å². The minimum absolute atomic E-state index is 0.639. The van der Waals surface area contributed by atoms with Crippen LogP contribution >= 0.6 is 0 Å². The summed E-state index contributed by atoms with van der Waals surface area (Å²) in [6, 6.07) is 5.82. The molecule has 0 amide bonds. The minimum atomic E-state index is 0.639. The first-order chi connectivity index (χ1) is 6.90. The van der Waals surface area contributed by atoms with Gasteiger partial charge in [-0.1, -0.05) is 13.8 Å². The third-order valence-electron chi connectivity index (χ3n) is 1.83. The summed E-state index contributed by atoms with van der Waals surface area (Å²) in [7, 11) is 1.88. The van der Waals surface area contributed by atoms with Crippen LogP contribution in [0.25, 0.3) is 0 Å². The van der Waals surface area contributed by atoms with Crippen LogP contribution in [0.1, 0.15) is 13.8 Å². The van der Waals surface area contributed by atoms with Crippen LogP contribution in [0, 0.1) is 0 Å². The highest BCUT2D eigenvalue weighted by atomic mass is 16.6. The average Bonchev–Trinajstić information content (AvgIpc) is 2.31. The van der Waals surface area contributed by atoms with Gasteiger partial charge in [0.1, 0.15) is 13.2 Å². The Labute approximate surface area is 85.0 Å². The van der Waals surface area contributed by atoms with Gasteiger partial charge >= 0.3 is 0 Å². The predicted molar refractivity (Wildman–Crippen MR) is 58.3 cm³/mol. The van der Waals surface area contributed by atoms with Crippen molar-refractivity contribution in [3.8, 4) is 11.5 Å². The summed E-state index contributed by atoms with van der Waals surface area (Å²) in [6.07, 6.45) is 0. The lowest BCUT2D eigenvalue weighted by Gasteiger charge is -2.18. The molecule has 1 aromatic rings. The molecular weight excluding hydrogens is 178 g/mol. The van der Waals surface area contributed by atoms with E-state index in [-0.39, 0.29) is 0 Å². The zero-order chi connectivity index (χ0) is 10.4. The summed E-state index contributed by atoms with van der Waals surface area (Å²) < 4.78 is 10.8. The molecule has 0 aliphatic carbocycles. The van der Waals surface area contributed by atoms with Crippen LogP contribution in [0.3, 0.4) is 0 Å². The number of hydrogen-bond donors (Lipinski definition) is 1. The van der Waals surface area contributed by atoms with Crippen LogP contribution in [0.4, 0.5) is 5.69 Å². The molecule has 78 valence electrons. The van der Waals surface area contributed by atoms with E-state index in [1.54, 1.807) is 0 Å². The Hall–Kier alpha value is -1.38. The second-order valence-corrected chi connectivity index (χ2v) is 2.61. The normalized spacial score (nSPS) is 12.5. The standard InChI is InChI=1S/C9H11NO2.C2H6/c1-10-7-2-3-8-9(6-7)12-5-4-11-8;1-2/h2-3,6,10H,4-5H2,1H3;1-2H3. The molecule has 0 aromatic heterocycles. The van der Waals surface area contributed by atoms with E-state index in [9.17, 15) is 0 Å². The van der Waals surface area contributed by atoms with Gasteiger partial charge in [0, 0.05) is 18.8 Å². The van der Waals surface area contributed by atoms with Gasteiger partial charge in [-0.15, -0.1) is 0 Å². The Morgan fingerprint density at radius 3 is 2.36 bits per heavy atom. The van der Waals surface area contributed by atoms with Crippen LogP contribution in [0.5, 0.6) is 11.5 Å². The molecule has 0 bridgehead atoms. The fourth-order valence-electron chi connectivity index (χ4n) is 1.20. The number of benzene rings is 1. The Balaban J connectivity index is 0.000000461. The third kappa shape index (κ3) is 2.31. The highest BCUT2D eigenvalue weighted by Crippen LogP contribution is 2.32. The monoisotopic (exact) mass is 195 g/mol. The molecule has 3 heteroatoms. The highest BCUT2D eigenvalue weighted by Gasteiger charge is 2.10. The van der Waals surface area contributed by atoms with E-state index in [4.69, 9.17) is 9.47 Å². The molecule has 1 aliphatic heterocycles. The molecule has 2 rings (SSSR count). The maximum absolute atomic E-state index is 5.40. The van der Waals surface area contributed by atoms with Crippen molar-refractivity contribution in [3.63, 3.8) is 0 Å². The van der Waals surface area contributed by atoms with Crippen molar-refractivity contribution in [1.29, 1.82) is 0 Å². The second-order valence-electron chi connectivity index (χ2n) is 2.61. The SMILES string of the molecule is CC.CNc1ccc2c(c1)OCCO2. The predicted octanol–water partition coefficient (Wildman–Crippen LogP) is 2.53. The van der Waals surface area contributed by atoms with Crippen LogP contribution in [-0.4, -0.2) is 20.3 Å². The lowest BCUT2D eigenvalue weighted by molar-refractivity contribution is 0.171. The zero-order valence-corrected chi connectivity index (χ0v) is 8.96. The fraction of sp³-hybridized carbons (Fsp3) is 0.455. The zero-order valence-electron chi connectivity index (χ0n) is 8.96. The number of ether oxygens (including phenoxy) is 2. The highest BCUT2D eigenvalue weighted by molar-refractivity contribution is 5.54. The summed E-state index contributed by atoms with van der Waals surface area (Å²) in [4.78, 5) is 0. The van der Waals surface area contributed by atoms with Crippen molar-refractivity contribution < 1.29 is 9.47 Å². The molecule has 0 saturated carbocycles. The Morgan fingerprint density at radius 2 is 1.71 bits per heavy atom. The summed E-state index contributed by atoms with van der Waals surface area (Å²) in [6.45, 7) is 5.28. The molecule has 0 atom stereocenters. The van der Waals surface area contributed by atoms with Gasteiger partial charge in [-0.25, -0.2) is 0 Å². The smallest absolute Gasteiger partial charge is 0.163 e. The van der Waals surface area contributed by atoms with Crippen LogP contribution < -0.4 is 14.8 Å². The van der Waals surface area contributed by atoms with Gasteiger partial charge in [-0.2, -0.15) is 0 Å². The molecule has 1 heterocycles. The quantitative estimate of drug-likeness (QED) is 0.747. The van der Waals surface area contributed by atoms with Crippen molar-refractivity contribution in [1.82, 2.24) is 0 Å². The summed E-state index contributed by atoms with van der Waals surface area (Å²) >= 11 is 0. The second kappa shape index (κ2) is 5.37. The molecule has 1 aliphatic rings. The van der Waals surface area contributed by atoms with Gasteiger partial charge in [0.15, 0.2) is 11.5 Å². The number of hydrogen-bond acceptors (Lipinski definition) is 3. The molecule has 14 heavy (non-hydrogen) atoms. The molecule has 3 nitrogen and oxygen atoms in total. The van der Waals surface area contributed by atoms with E-state index >= 15 is 0 Å². The lowest BCUT2D eigenvalue weighted by atomic mass is 10.2. The van der Waals surface area contributed by atoms with Crippen molar-refractivity contribution >= 4 is 5.69 Å². The number of nitrogens with one attached hydrogen (secondary N) is 1. The Morgan fingerprint density at radius 1 is 1.07 bits per heavy atom. The first-order valence-electron chi connectivity index (χ1n) is 4.97. The van der Waals surface area contributed by atoms with E-state index < -0.39 is 0 Å². The largest absolute Gasteiger partial charge is 0.486 e. The van der Waals surface area contributed by atoms with Crippen molar-refractivity contribution in [2.45, 2.75) is 13.8 Å². The van der Waals surface area contributed by atoms with E-state index in [2.05, 4.69) is 5.32 Å². The van der Waals surface area contributed by atoms with E-state index in [0.29, 0.717) is 13.2 Å². The maximum Gasteiger partial charge on any atom is 0.163 e. The Bertz CT molecular complexity index is 287.